The molecule has 0 unspecified atom stereocenters. The quantitative estimate of drug-likeness (QED) is 0.369. The zero-order valence-corrected chi connectivity index (χ0v) is 17.7. The number of hydrogen-bond donors (Lipinski definition) is 0. The summed E-state index contributed by atoms with van der Waals surface area (Å²) in [5.41, 5.74) is 1.72. The highest BCUT2D eigenvalue weighted by atomic mass is 32.1. The molecule has 0 spiro atoms. The zero-order chi connectivity index (χ0) is 21.7. The van der Waals surface area contributed by atoms with Crippen LogP contribution in [0.5, 0.6) is 11.5 Å². The van der Waals surface area contributed by atoms with Crippen LogP contribution < -0.4 is 9.47 Å². The number of methoxy groups -OCH3 is 1. The van der Waals surface area contributed by atoms with Gasteiger partial charge in [-0.25, -0.2) is 28.2 Å². The van der Waals surface area contributed by atoms with E-state index in [1.165, 1.54) is 17.4 Å². The van der Waals surface area contributed by atoms with Crippen molar-refractivity contribution < 1.29 is 18.3 Å². The number of fused-ring (bicyclic) bond motifs is 5. The molecule has 4 heterocycles. The largest absolute Gasteiger partial charge is 0.493 e. The Bertz CT molecular complexity index is 1430. The van der Waals surface area contributed by atoms with Crippen LogP contribution in [-0.4, -0.2) is 31.7 Å². The Morgan fingerprint density at radius 1 is 1.13 bits per heavy atom. The van der Waals surface area contributed by atoms with Crippen LogP contribution in [0.3, 0.4) is 0 Å². The Morgan fingerprint density at radius 2 is 1.90 bits per heavy atom. The van der Waals surface area contributed by atoms with Gasteiger partial charge in [0.25, 0.3) is 6.43 Å². The van der Waals surface area contributed by atoms with Crippen molar-refractivity contribution in [2.75, 3.05) is 7.11 Å². The van der Waals surface area contributed by atoms with Crippen molar-refractivity contribution in [2.45, 2.75) is 26.4 Å². The molecule has 0 saturated carbocycles. The third kappa shape index (κ3) is 3.23. The standard InChI is InChI=1S/C21H17F2N5O2S/c1-10-8-12(18(22)23)25-21-15(10)16-17(31-21)20-26-19(27-28(20)9-24-16)11(2)30-14-7-5-4-6-13(14)29-3/h4-9,11,18H,1-3H3/t11-/m1/s1. The van der Waals surface area contributed by atoms with E-state index in [2.05, 4.69) is 20.1 Å². The molecule has 0 N–H and O–H groups in total. The van der Waals surface area contributed by atoms with Crippen LogP contribution in [-0.2, 0) is 0 Å². The second-order valence-electron chi connectivity index (χ2n) is 7.02. The Morgan fingerprint density at radius 3 is 2.65 bits per heavy atom. The van der Waals surface area contributed by atoms with E-state index in [4.69, 9.17) is 9.47 Å². The molecule has 1 atom stereocenters. The van der Waals surface area contributed by atoms with Crippen molar-refractivity contribution in [3.63, 3.8) is 0 Å². The SMILES string of the molecule is COc1ccccc1O[C@H](C)c1nc2c3sc4nc(C(F)F)cc(C)c4c3ncn2n1. The smallest absolute Gasteiger partial charge is 0.280 e. The molecule has 0 aliphatic rings. The zero-order valence-electron chi connectivity index (χ0n) is 16.8. The number of benzene rings is 1. The number of thiophene rings is 1. The van der Waals surface area contributed by atoms with Crippen molar-refractivity contribution in [3.05, 3.63) is 53.7 Å². The van der Waals surface area contributed by atoms with Gasteiger partial charge in [0, 0.05) is 5.39 Å². The van der Waals surface area contributed by atoms with Gasteiger partial charge >= 0.3 is 0 Å². The average Bonchev–Trinajstić information content (AvgIpc) is 3.35. The summed E-state index contributed by atoms with van der Waals surface area (Å²) in [6.45, 7) is 3.63. The molecule has 0 saturated heterocycles. The van der Waals surface area contributed by atoms with E-state index in [1.54, 1.807) is 24.9 Å². The lowest BCUT2D eigenvalue weighted by atomic mass is 10.1. The molecule has 0 fully saturated rings. The number of alkyl halides is 2. The van der Waals surface area contributed by atoms with E-state index < -0.39 is 12.5 Å². The maximum Gasteiger partial charge on any atom is 0.280 e. The first-order chi connectivity index (χ1) is 15.0. The van der Waals surface area contributed by atoms with E-state index in [9.17, 15) is 8.78 Å². The maximum absolute atomic E-state index is 13.2. The van der Waals surface area contributed by atoms with Crippen molar-refractivity contribution >= 4 is 37.4 Å². The molecular weight excluding hydrogens is 424 g/mol. The normalized spacial score (nSPS) is 12.8. The molecule has 0 aliphatic heterocycles. The van der Waals surface area contributed by atoms with E-state index in [1.807, 2.05) is 31.2 Å². The lowest BCUT2D eigenvalue weighted by Gasteiger charge is -2.14. The number of halogens is 2. The van der Waals surface area contributed by atoms with Crippen molar-refractivity contribution in [1.29, 1.82) is 0 Å². The third-order valence-electron chi connectivity index (χ3n) is 4.96. The van der Waals surface area contributed by atoms with Crippen molar-refractivity contribution in [1.82, 2.24) is 24.6 Å². The Hall–Kier alpha value is -3.40. The minimum absolute atomic E-state index is 0.242. The summed E-state index contributed by atoms with van der Waals surface area (Å²) in [5.74, 6) is 1.67. The van der Waals surface area contributed by atoms with E-state index in [-0.39, 0.29) is 5.69 Å². The van der Waals surface area contributed by atoms with Gasteiger partial charge in [-0.3, -0.25) is 0 Å². The first-order valence-corrected chi connectivity index (χ1v) is 10.3. The molecule has 7 nitrogen and oxygen atoms in total. The van der Waals surface area contributed by atoms with Crippen LogP contribution in [0, 0.1) is 6.92 Å². The fraction of sp³-hybridized carbons (Fsp3) is 0.238. The summed E-state index contributed by atoms with van der Waals surface area (Å²) >= 11 is 1.28. The van der Waals surface area contributed by atoms with Gasteiger partial charge in [0.05, 0.1) is 12.6 Å². The highest BCUT2D eigenvalue weighted by Crippen LogP contribution is 2.37. The second-order valence-corrected chi connectivity index (χ2v) is 8.02. The molecule has 0 aliphatic carbocycles. The summed E-state index contributed by atoms with van der Waals surface area (Å²) in [6.07, 6.45) is -1.52. The first-order valence-electron chi connectivity index (χ1n) is 9.49. The van der Waals surface area contributed by atoms with Crippen LogP contribution in [0.4, 0.5) is 8.78 Å². The molecule has 1 aromatic carbocycles. The van der Waals surface area contributed by atoms with E-state index >= 15 is 0 Å². The Balaban J connectivity index is 1.60. The summed E-state index contributed by atoms with van der Waals surface area (Å²) in [7, 11) is 1.58. The summed E-state index contributed by atoms with van der Waals surface area (Å²) < 4.78 is 40.0. The molecule has 5 rings (SSSR count). The fourth-order valence-electron chi connectivity index (χ4n) is 3.49. The van der Waals surface area contributed by atoms with Gasteiger partial charge in [0.15, 0.2) is 29.1 Å². The first kappa shape index (κ1) is 19.6. The molecular formula is C21H17F2N5O2S. The summed E-state index contributed by atoms with van der Waals surface area (Å²) in [4.78, 5) is 13.8. The molecule has 10 heteroatoms. The minimum Gasteiger partial charge on any atom is -0.493 e. The number of para-hydroxylation sites is 2. The monoisotopic (exact) mass is 441 g/mol. The summed E-state index contributed by atoms with van der Waals surface area (Å²) in [5, 5.41) is 5.26. The predicted octanol–water partition coefficient (Wildman–Crippen LogP) is 5.28. The third-order valence-corrected chi connectivity index (χ3v) is 6.03. The number of rotatable bonds is 5. The summed E-state index contributed by atoms with van der Waals surface area (Å²) in [6, 6.07) is 8.75. The predicted molar refractivity (Wildman–Crippen MR) is 113 cm³/mol. The number of nitrogens with zero attached hydrogens (tertiary/aromatic N) is 5. The van der Waals surface area contributed by atoms with Crippen molar-refractivity contribution in [2.24, 2.45) is 0 Å². The maximum atomic E-state index is 13.2. The average molecular weight is 441 g/mol. The number of pyridine rings is 1. The van der Waals surface area contributed by atoms with Gasteiger partial charge in [0.2, 0.25) is 0 Å². The van der Waals surface area contributed by atoms with Gasteiger partial charge in [-0.2, -0.15) is 0 Å². The molecule has 158 valence electrons. The van der Waals surface area contributed by atoms with Gasteiger partial charge in [-0.1, -0.05) is 12.1 Å². The van der Waals surface area contributed by atoms with Gasteiger partial charge in [0.1, 0.15) is 21.6 Å². The number of hydrogen-bond acceptors (Lipinski definition) is 7. The number of ether oxygens (including phenoxy) is 2. The highest BCUT2D eigenvalue weighted by Gasteiger charge is 2.21. The van der Waals surface area contributed by atoms with Crippen molar-refractivity contribution in [3.8, 4) is 11.5 Å². The Labute approximate surface area is 179 Å². The molecule has 0 radical (unpaired) electrons. The molecule has 4 aromatic heterocycles. The molecule has 31 heavy (non-hydrogen) atoms. The van der Waals surface area contributed by atoms with Gasteiger partial charge in [-0.15, -0.1) is 16.4 Å². The van der Waals surface area contributed by atoms with Crippen LogP contribution in [0.15, 0.2) is 36.7 Å². The van der Waals surface area contributed by atoms with Gasteiger partial charge in [-0.05, 0) is 37.6 Å². The second kappa shape index (κ2) is 7.38. The molecule has 0 amide bonds. The number of aromatic nitrogens is 5. The van der Waals surface area contributed by atoms with E-state index in [0.717, 1.165) is 10.1 Å². The number of aryl methyl sites for hydroxylation is 1. The lowest BCUT2D eigenvalue weighted by Crippen LogP contribution is -2.06. The minimum atomic E-state index is -2.63. The van der Waals surface area contributed by atoms with Crippen LogP contribution in [0.25, 0.3) is 26.1 Å². The lowest BCUT2D eigenvalue weighted by molar-refractivity contribution is 0.146. The van der Waals surface area contributed by atoms with Crippen LogP contribution in [0.2, 0.25) is 0 Å². The fourth-order valence-corrected chi connectivity index (χ4v) is 4.68. The molecule has 0 bridgehead atoms. The highest BCUT2D eigenvalue weighted by molar-refractivity contribution is 7.26. The topological polar surface area (TPSA) is 74.4 Å². The Kier molecular flexibility index (Phi) is 4.66. The van der Waals surface area contributed by atoms with Crippen LogP contribution >= 0.6 is 11.3 Å². The van der Waals surface area contributed by atoms with E-state index in [0.29, 0.717) is 38.9 Å². The van der Waals surface area contributed by atoms with Gasteiger partial charge < -0.3 is 9.47 Å². The van der Waals surface area contributed by atoms with Crippen LogP contribution in [0.1, 0.15) is 36.5 Å². The molecule has 5 aromatic rings.